The van der Waals surface area contributed by atoms with E-state index >= 15 is 4.39 Å². The Kier molecular flexibility index (Phi) is 14.6. The topological polar surface area (TPSA) is 167 Å². The Balaban J connectivity index is 1.00. The Hall–Kier alpha value is -5.65. The molecule has 61 heavy (non-hydrogen) atoms. The molecule has 15 nitrogen and oxygen atoms in total. The number of methoxy groups -OCH3 is 2. The van der Waals surface area contributed by atoms with Crippen molar-refractivity contribution in [3.05, 3.63) is 80.2 Å². The highest BCUT2D eigenvalue weighted by Crippen LogP contribution is 2.40. The normalized spacial score (nSPS) is 19.5. The van der Waals surface area contributed by atoms with E-state index in [1.807, 2.05) is 61.2 Å². The number of nitrogens with one attached hydrogen (secondary N) is 2. The summed E-state index contributed by atoms with van der Waals surface area (Å²) in [7, 11) is 10.8. The van der Waals surface area contributed by atoms with Crippen LogP contribution in [0.25, 0.3) is 5.57 Å². The summed E-state index contributed by atoms with van der Waals surface area (Å²) < 4.78 is 33.0. The summed E-state index contributed by atoms with van der Waals surface area (Å²) in [4.78, 5) is 84.1. The molecule has 3 aromatic rings. The molecule has 4 heterocycles. The van der Waals surface area contributed by atoms with Gasteiger partial charge in [-0.15, -0.1) is 11.3 Å². The fourth-order valence-corrected chi connectivity index (χ4v) is 8.99. The largest absolute Gasteiger partial charge is 0.496 e. The molecule has 326 valence electrons. The van der Waals surface area contributed by atoms with Gasteiger partial charge in [-0.05, 0) is 88.6 Å². The lowest BCUT2D eigenvalue weighted by Gasteiger charge is -2.35. The van der Waals surface area contributed by atoms with Gasteiger partial charge in [-0.1, -0.05) is 6.07 Å². The molecule has 6 rings (SSSR count). The van der Waals surface area contributed by atoms with Crippen LogP contribution in [-0.2, 0) is 16.1 Å². The van der Waals surface area contributed by atoms with Gasteiger partial charge in [0.15, 0.2) is 6.29 Å². The van der Waals surface area contributed by atoms with E-state index < -0.39 is 47.8 Å². The molecular formula is C44H53FN6O9S. The summed E-state index contributed by atoms with van der Waals surface area (Å²) >= 11 is 1.17. The molecule has 3 atom stereocenters. The molecule has 3 aliphatic rings. The van der Waals surface area contributed by atoms with Gasteiger partial charge in [0.1, 0.15) is 29.5 Å². The van der Waals surface area contributed by atoms with Crippen LogP contribution in [0.4, 0.5) is 4.39 Å². The van der Waals surface area contributed by atoms with Gasteiger partial charge in [0, 0.05) is 62.4 Å². The zero-order valence-corrected chi connectivity index (χ0v) is 36.2. The number of ether oxygens (including phenoxy) is 3. The summed E-state index contributed by atoms with van der Waals surface area (Å²) in [5, 5.41) is 5.08. The summed E-state index contributed by atoms with van der Waals surface area (Å²) in [6.45, 7) is 2.27. The molecule has 0 radical (unpaired) electrons. The van der Waals surface area contributed by atoms with E-state index in [9.17, 15) is 28.8 Å². The third kappa shape index (κ3) is 10.1. The van der Waals surface area contributed by atoms with Crippen LogP contribution in [0.2, 0.25) is 0 Å². The number of thiophene rings is 1. The Bertz CT molecular complexity index is 2180. The number of rotatable bonds is 18. The zero-order chi connectivity index (χ0) is 44.0. The van der Waals surface area contributed by atoms with Gasteiger partial charge in [-0.3, -0.25) is 39.0 Å². The second-order valence-corrected chi connectivity index (χ2v) is 16.9. The van der Waals surface area contributed by atoms with Crippen LogP contribution < -0.4 is 24.8 Å². The van der Waals surface area contributed by atoms with Crippen LogP contribution >= 0.6 is 11.3 Å². The Labute approximate surface area is 358 Å². The van der Waals surface area contributed by atoms with Crippen LogP contribution in [0.1, 0.15) is 95.3 Å². The number of imide groups is 2. The first-order valence-corrected chi connectivity index (χ1v) is 21.1. The molecule has 2 fully saturated rings. The number of piperidine rings is 2. The standard InChI is InChI=1S/C44H53FN6O9S/c1-48(2)22-29(26-19-35(58-5)30(23-49(3)4)36(20-26)59-6)40-27(25-52)21-37(61-40)42(55)46-32-15-17-50(24-31(32)45)16-8-7-9-18-60-34-12-10-11-28-39(34)44(57)51(43(28)56)33-13-14-38(53)47-41(33)54/h10-12,19-22,25,31-33H,7-9,13-18,23-24H2,1-6H3,(H,46,55)(H,47,53,54)/b29-22-. The van der Waals surface area contributed by atoms with E-state index in [4.69, 9.17) is 14.2 Å². The number of carbonyl (C=O) groups excluding carboxylic acids is 6. The van der Waals surface area contributed by atoms with E-state index in [1.54, 1.807) is 32.4 Å². The van der Waals surface area contributed by atoms with Crippen molar-refractivity contribution in [3.63, 3.8) is 0 Å². The molecule has 0 aliphatic carbocycles. The number of carbonyl (C=O) groups is 6. The van der Waals surface area contributed by atoms with Crippen molar-refractivity contribution in [2.45, 2.75) is 63.3 Å². The summed E-state index contributed by atoms with van der Waals surface area (Å²) in [6, 6.07) is 8.34. The summed E-state index contributed by atoms with van der Waals surface area (Å²) in [6.07, 6.45) is 4.01. The zero-order valence-electron chi connectivity index (χ0n) is 35.4. The predicted molar refractivity (Wildman–Crippen MR) is 227 cm³/mol. The van der Waals surface area contributed by atoms with Gasteiger partial charge in [0.25, 0.3) is 17.7 Å². The van der Waals surface area contributed by atoms with Gasteiger partial charge in [-0.25, -0.2) is 4.39 Å². The molecule has 5 amide bonds. The average Bonchev–Trinajstić information content (AvgIpc) is 3.77. The van der Waals surface area contributed by atoms with E-state index in [1.165, 1.54) is 17.4 Å². The minimum Gasteiger partial charge on any atom is -0.496 e. The minimum absolute atomic E-state index is 0.0352. The molecule has 17 heteroatoms. The smallest absolute Gasteiger partial charge is 0.266 e. The Morgan fingerprint density at radius 1 is 0.984 bits per heavy atom. The van der Waals surface area contributed by atoms with Gasteiger partial charge < -0.3 is 34.2 Å². The molecule has 2 N–H and O–H groups in total. The quantitative estimate of drug-likeness (QED) is 0.106. The molecule has 2 aromatic carbocycles. The number of nitrogens with zero attached hydrogens (tertiary/aromatic N) is 4. The predicted octanol–water partition coefficient (Wildman–Crippen LogP) is 4.38. The number of amides is 5. The number of halogens is 1. The van der Waals surface area contributed by atoms with Gasteiger partial charge in [0.05, 0.1) is 48.4 Å². The highest BCUT2D eigenvalue weighted by atomic mass is 32.1. The van der Waals surface area contributed by atoms with Gasteiger partial charge in [0.2, 0.25) is 11.8 Å². The highest BCUT2D eigenvalue weighted by Gasteiger charge is 2.46. The summed E-state index contributed by atoms with van der Waals surface area (Å²) in [5.41, 5.74) is 2.91. The van der Waals surface area contributed by atoms with Crippen molar-refractivity contribution in [3.8, 4) is 17.2 Å². The number of hydrogen-bond acceptors (Lipinski definition) is 13. The number of unbranched alkanes of at least 4 members (excludes halogenated alkanes) is 2. The van der Waals surface area contributed by atoms with E-state index in [-0.39, 0.29) is 42.9 Å². The van der Waals surface area contributed by atoms with Crippen LogP contribution in [0.3, 0.4) is 0 Å². The number of alkyl halides is 1. The van der Waals surface area contributed by atoms with Crippen molar-refractivity contribution in [1.29, 1.82) is 0 Å². The summed E-state index contributed by atoms with van der Waals surface area (Å²) in [5.74, 6) is -1.27. The van der Waals surface area contributed by atoms with Crippen LogP contribution in [-0.4, -0.2) is 142 Å². The van der Waals surface area contributed by atoms with Crippen LogP contribution in [0.5, 0.6) is 17.2 Å². The first-order chi connectivity index (χ1) is 29.2. The van der Waals surface area contributed by atoms with Crippen molar-refractivity contribution in [2.75, 3.05) is 68.7 Å². The molecule has 3 unspecified atom stereocenters. The van der Waals surface area contributed by atoms with E-state index in [0.717, 1.165) is 35.2 Å². The molecule has 0 saturated carbocycles. The van der Waals surface area contributed by atoms with Crippen molar-refractivity contribution < 1.29 is 47.4 Å². The van der Waals surface area contributed by atoms with Crippen molar-refractivity contribution >= 4 is 52.7 Å². The molecule has 0 spiro atoms. The second-order valence-electron chi connectivity index (χ2n) is 15.8. The van der Waals surface area contributed by atoms with Gasteiger partial charge >= 0.3 is 0 Å². The minimum atomic E-state index is -1.30. The Morgan fingerprint density at radius 2 is 1.72 bits per heavy atom. The molecule has 2 saturated heterocycles. The third-order valence-electron chi connectivity index (χ3n) is 10.9. The lowest BCUT2D eigenvalue weighted by Crippen LogP contribution is -2.54. The number of fused-ring (bicyclic) bond motifs is 1. The number of likely N-dealkylation sites (tertiary alicyclic amines) is 1. The molecule has 0 bridgehead atoms. The van der Waals surface area contributed by atoms with E-state index in [0.29, 0.717) is 64.9 Å². The average molecular weight is 861 g/mol. The SMILES string of the molecule is COc1cc(/C(=C/N(C)C)c2sc(C(=O)NC3CCN(CCCCCOc4cccc5c4C(=O)N(C4CCC(=O)NC4=O)C5=O)CC3F)cc2C=O)cc(OC)c1CN(C)C. The van der Waals surface area contributed by atoms with Crippen molar-refractivity contribution in [1.82, 2.24) is 30.2 Å². The first kappa shape index (κ1) is 44.9. The molecule has 1 aromatic heterocycles. The lowest BCUT2D eigenvalue weighted by molar-refractivity contribution is -0.136. The number of aldehydes is 1. The lowest BCUT2D eigenvalue weighted by atomic mass is 9.99. The molecular weight excluding hydrogens is 808 g/mol. The van der Waals surface area contributed by atoms with Gasteiger partial charge in [-0.2, -0.15) is 0 Å². The van der Waals surface area contributed by atoms with Crippen LogP contribution in [0, 0.1) is 0 Å². The fraction of sp³-hybridized carbons (Fsp3) is 0.455. The maximum absolute atomic E-state index is 15.6. The maximum atomic E-state index is 15.6. The highest BCUT2D eigenvalue weighted by molar-refractivity contribution is 7.15. The second kappa shape index (κ2) is 19.8. The number of hydrogen-bond donors (Lipinski definition) is 2. The fourth-order valence-electron chi connectivity index (χ4n) is 7.92. The maximum Gasteiger partial charge on any atom is 0.266 e. The van der Waals surface area contributed by atoms with Crippen molar-refractivity contribution in [2.24, 2.45) is 0 Å². The van der Waals surface area contributed by atoms with Crippen LogP contribution in [0.15, 0.2) is 42.6 Å². The first-order valence-electron chi connectivity index (χ1n) is 20.3. The van der Waals surface area contributed by atoms with E-state index in [2.05, 4.69) is 10.6 Å². The monoisotopic (exact) mass is 860 g/mol. The molecule has 3 aliphatic heterocycles. The Morgan fingerprint density at radius 3 is 2.36 bits per heavy atom. The third-order valence-corrected chi connectivity index (χ3v) is 12.1. The number of benzene rings is 2.